The Morgan fingerprint density at radius 3 is 1.92 bits per heavy atom. The van der Waals surface area contributed by atoms with Crippen molar-refractivity contribution in [2.24, 2.45) is 5.92 Å². The summed E-state index contributed by atoms with van der Waals surface area (Å²) in [5.74, 6) is 0.441. The molecule has 3 nitrogen and oxygen atoms in total. The van der Waals surface area contributed by atoms with Crippen LogP contribution in [0.3, 0.4) is 0 Å². The van der Waals surface area contributed by atoms with Crippen molar-refractivity contribution in [2.75, 3.05) is 0 Å². The minimum absolute atomic E-state index is 0.134. The highest BCUT2D eigenvalue weighted by molar-refractivity contribution is 5.37. The largest absolute Gasteiger partial charge is 0.378 e. The monoisotopic (exact) mass is 320 g/mol. The predicted molar refractivity (Wildman–Crippen MR) is 96.6 cm³/mol. The smallest absolute Gasteiger partial charge is 0.135 e. The Morgan fingerprint density at radius 2 is 1.50 bits per heavy atom. The first-order valence-corrected chi connectivity index (χ1v) is 8.43. The molecule has 3 rings (SSSR count). The minimum atomic E-state index is -1.12. The number of hydrogen-bond donors (Lipinski definition) is 1. The molecule has 0 radical (unpaired) electrons. The lowest BCUT2D eigenvalue weighted by atomic mass is 9.77. The summed E-state index contributed by atoms with van der Waals surface area (Å²) in [5.41, 5.74) is 0.680. The van der Waals surface area contributed by atoms with E-state index in [9.17, 15) is 5.11 Å². The van der Waals surface area contributed by atoms with Crippen molar-refractivity contribution in [1.82, 2.24) is 9.55 Å². The lowest BCUT2D eigenvalue weighted by molar-refractivity contribution is 0.0130. The lowest BCUT2D eigenvalue weighted by Crippen LogP contribution is -2.38. The van der Waals surface area contributed by atoms with Gasteiger partial charge in [-0.15, -0.1) is 0 Å². The number of nitrogens with zero attached hydrogens (tertiary/aromatic N) is 2. The van der Waals surface area contributed by atoms with E-state index in [4.69, 9.17) is 0 Å². The number of imidazole rings is 1. The van der Waals surface area contributed by atoms with Gasteiger partial charge in [-0.2, -0.15) is 0 Å². The third-order valence-corrected chi connectivity index (χ3v) is 4.49. The van der Waals surface area contributed by atoms with Crippen molar-refractivity contribution in [2.45, 2.75) is 31.9 Å². The molecule has 0 bridgehead atoms. The lowest BCUT2D eigenvalue weighted by Gasteiger charge is -2.39. The first-order valence-electron chi connectivity index (χ1n) is 8.43. The van der Waals surface area contributed by atoms with Crippen LogP contribution in [0.2, 0.25) is 0 Å². The van der Waals surface area contributed by atoms with Crippen molar-refractivity contribution >= 4 is 0 Å². The van der Waals surface area contributed by atoms with Gasteiger partial charge in [0.15, 0.2) is 0 Å². The van der Waals surface area contributed by atoms with Gasteiger partial charge in [0.1, 0.15) is 5.60 Å². The van der Waals surface area contributed by atoms with Crippen LogP contribution in [-0.2, 0) is 5.60 Å². The van der Waals surface area contributed by atoms with Crippen LogP contribution in [0.1, 0.15) is 37.4 Å². The summed E-state index contributed by atoms with van der Waals surface area (Å²) >= 11 is 0. The number of aliphatic hydroxyl groups is 1. The van der Waals surface area contributed by atoms with Gasteiger partial charge >= 0.3 is 0 Å². The maximum absolute atomic E-state index is 12.0. The van der Waals surface area contributed by atoms with Crippen LogP contribution in [0, 0.1) is 5.92 Å². The molecule has 0 spiro atoms. The van der Waals surface area contributed by atoms with Crippen molar-refractivity contribution in [3.05, 3.63) is 90.5 Å². The summed E-state index contributed by atoms with van der Waals surface area (Å²) in [4.78, 5) is 4.20. The van der Waals surface area contributed by atoms with E-state index in [0.29, 0.717) is 5.92 Å². The average molecular weight is 320 g/mol. The maximum atomic E-state index is 12.0. The Balaban J connectivity index is 2.19. The van der Waals surface area contributed by atoms with Gasteiger partial charge < -0.3 is 9.67 Å². The summed E-state index contributed by atoms with van der Waals surface area (Å²) in [6.07, 6.45) is 6.34. The number of aromatic nitrogens is 2. The third kappa shape index (κ3) is 3.13. The van der Waals surface area contributed by atoms with E-state index in [0.717, 1.165) is 17.5 Å². The van der Waals surface area contributed by atoms with Crippen LogP contribution < -0.4 is 0 Å². The zero-order valence-electron chi connectivity index (χ0n) is 14.2. The number of rotatable bonds is 6. The second-order valence-corrected chi connectivity index (χ2v) is 6.65. The Morgan fingerprint density at radius 1 is 0.958 bits per heavy atom. The molecule has 0 amide bonds. The van der Waals surface area contributed by atoms with Gasteiger partial charge in [-0.25, -0.2) is 4.98 Å². The normalized spacial score (nSPS) is 13.2. The molecule has 0 saturated carbocycles. The second-order valence-electron chi connectivity index (χ2n) is 6.65. The molecule has 0 saturated heterocycles. The molecule has 0 aliphatic heterocycles. The van der Waals surface area contributed by atoms with Gasteiger partial charge in [0.05, 0.1) is 12.4 Å². The Hall–Kier alpha value is -2.39. The van der Waals surface area contributed by atoms with E-state index < -0.39 is 5.60 Å². The molecule has 0 unspecified atom stereocenters. The molecule has 0 aliphatic carbocycles. The zero-order chi connectivity index (χ0) is 17.0. The van der Waals surface area contributed by atoms with Gasteiger partial charge in [-0.1, -0.05) is 74.5 Å². The summed E-state index contributed by atoms with van der Waals surface area (Å²) in [6.45, 7) is 4.36. The van der Waals surface area contributed by atoms with Crippen molar-refractivity contribution < 1.29 is 5.11 Å². The van der Waals surface area contributed by atoms with E-state index in [1.165, 1.54) is 0 Å². The highest BCUT2D eigenvalue weighted by Crippen LogP contribution is 2.42. The molecule has 3 aromatic rings. The van der Waals surface area contributed by atoms with Crippen LogP contribution in [-0.4, -0.2) is 14.7 Å². The second kappa shape index (κ2) is 7.02. The van der Waals surface area contributed by atoms with Crippen molar-refractivity contribution in [1.29, 1.82) is 0 Å². The van der Waals surface area contributed by atoms with Crippen LogP contribution in [0.15, 0.2) is 79.4 Å². The molecule has 3 heteroatoms. The van der Waals surface area contributed by atoms with Crippen LogP contribution in [0.25, 0.3) is 0 Å². The fraction of sp³-hybridized carbons (Fsp3) is 0.286. The van der Waals surface area contributed by atoms with E-state index in [2.05, 4.69) is 18.8 Å². The van der Waals surface area contributed by atoms with Gasteiger partial charge in [0, 0.05) is 12.4 Å². The van der Waals surface area contributed by atoms with Gasteiger partial charge in [0.2, 0.25) is 0 Å². The quantitative estimate of drug-likeness (QED) is 0.731. The molecule has 124 valence electrons. The third-order valence-electron chi connectivity index (χ3n) is 4.49. The fourth-order valence-electron chi connectivity index (χ4n) is 3.34. The first-order chi connectivity index (χ1) is 11.6. The van der Waals surface area contributed by atoms with E-state index >= 15 is 0 Å². The molecular formula is C21H24N2O. The van der Waals surface area contributed by atoms with Gasteiger partial charge in [0.25, 0.3) is 0 Å². The highest BCUT2D eigenvalue weighted by atomic mass is 16.3. The molecule has 1 heterocycles. The van der Waals surface area contributed by atoms with Crippen LogP contribution in [0.5, 0.6) is 0 Å². The first kappa shape index (κ1) is 16.5. The zero-order valence-corrected chi connectivity index (χ0v) is 14.2. The molecular weight excluding hydrogens is 296 g/mol. The molecule has 1 aromatic heterocycles. The maximum Gasteiger partial charge on any atom is 0.135 e. The van der Waals surface area contributed by atoms with Crippen molar-refractivity contribution in [3.63, 3.8) is 0 Å². The van der Waals surface area contributed by atoms with Gasteiger partial charge in [-0.05, 0) is 23.5 Å². The summed E-state index contributed by atoms with van der Waals surface area (Å²) in [5, 5.41) is 12.0. The minimum Gasteiger partial charge on any atom is -0.378 e. The number of benzene rings is 2. The topological polar surface area (TPSA) is 38.0 Å². The molecule has 24 heavy (non-hydrogen) atoms. The molecule has 1 atom stereocenters. The number of hydrogen-bond acceptors (Lipinski definition) is 2. The molecule has 0 fully saturated rings. The summed E-state index contributed by atoms with van der Waals surface area (Å²) in [6, 6.07) is 19.7. The molecule has 1 N–H and O–H groups in total. The van der Waals surface area contributed by atoms with Crippen LogP contribution >= 0.6 is 0 Å². The van der Waals surface area contributed by atoms with E-state index in [-0.39, 0.29) is 6.04 Å². The van der Waals surface area contributed by atoms with Crippen molar-refractivity contribution in [3.8, 4) is 0 Å². The predicted octanol–water partition coefficient (Wildman–Crippen LogP) is 4.41. The van der Waals surface area contributed by atoms with E-state index in [1.807, 2.05) is 71.4 Å². The standard InChI is InChI=1S/C21H24N2O/c1-17(2)15-20(23-14-13-22-16-23)21(24,18-9-5-3-6-10-18)19-11-7-4-8-12-19/h3-14,16-17,20,24H,15H2,1-2H3/t20-/m0/s1. The highest BCUT2D eigenvalue weighted by Gasteiger charge is 2.41. The summed E-state index contributed by atoms with van der Waals surface area (Å²) in [7, 11) is 0. The average Bonchev–Trinajstić information content (AvgIpc) is 3.15. The van der Waals surface area contributed by atoms with Gasteiger partial charge in [-0.3, -0.25) is 0 Å². The fourth-order valence-corrected chi connectivity index (χ4v) is 3.34. The van der Waals surface area contributed by atoms with E-state index in [1.54, 1.807) is 12.5 Å². The Bertz CT molecular complexity index is 697. The molecule has 0 aliphatic rings. The van der Waals surface area contributed by atoms with Crippen LogP contribution in [0.4, 0.5) is 0 Å². The SMILES string of the molecule is CC(C)C[C@H](n1ccnc1)C(O)(c1ccccc1)c1ccccc1. The molecule has 2 aromatic carbocycles. The Kier molecular flexibility index (Phi) is 4.81. The summed E-state index contributed by atoms with van der Waals surface area (Å²) < 4.78 is 2.03. The Labute approximate surface area is 143 Å².